The standard InChI is InChI=1S/C19H23NO2S/c1-3-4-12-20-19(21)15-10-11-18(22-2)16(13-15)14-23-17-8-6-5-7-9-17/h5-11,13H,3-4,12,14H2,1-2H3,(H,20,21). The summed E-state index contributed by atoms with van der Waals surface area (Å²) in [6, 6.07) is 15.8. The predicted octanol–water partition coefficient (Wildman–Crippen LogP) is 4.52. The highest BCUT2D eigenvalue weighted by atomic mass is 32.2. The Morgan fingerprint density at radius 1 is 1.17 bits per heavy atom. The van der Waals surface area contributed by atoms with Crippen molar-refractivity contribution in [3.8, 4) is 5.75 Å². The number of methoxy groups -OCH3 is 1. The van der Waals surface area contributed by atoms with Crippen LogP contribution in [0.3, 0.4) is 0 Å². The van der Waals surface area contributed by atoms with Crippen molar-refractivity contribution in [1.82, 2.24) is 5.32 Å². The van der Waals surface area contributed by atoms with Gasteiger partial charge < -0.3 is 10.1 Å². The molecule has 0 spiro atoms. The molecule has 1 amide bonds. The molecule has 2 aromatic carbocycles. The summed E-state index contributed by atoms with van der Waals surface area (Å²) < 4.78 is 5.42. The van der Waals surface area contributed by atoms with Gasteiger partial charge in [0.25, 0.3) is 5.91 Å². The lowest BCUT2D eigenvalue weighted by Crippen LogP contribution is -2.24. The number of ether oxygens (including phenoxy) is 1. The first-order valence-electron chi connectivity index (χ1n) is 7.87. The first-order valence-corrected chi connectivity index (χ1v) is 8.86. The van der Waals surface area contributed by atoms with Gasteiger partial charge in [-0.3, -0.25) is 4.79 Å². The molecule has 2 rings (SSSR count). The molecule has 3 nitrogen and oxygen atoms in total. The Bertz CT molecular complexity index is 629. The molecule has 0 bridgehead atoms. The zero-order valence-corrected chi connectivity index (χ0v) is 14.5. The fourth-order valence-corrected chi connectivity index (χ4v) is 3.09. The molecule has 0 radical (unpaired) electrons. The third-order valence-corrected chi connectivity index (χ3v) is 4.56. The van der Waals surface area contributed by atoms with E-state index in [1.54, 1.807) is 18.9 Å². The van der Waals surface area contributed by atoms with E-state index in [1.807, 2.05) is 36.4 Å². The van der Waals surface area contributed by atoms with E-state index >= 15 is 0 Å². The Morgan fingerprint density at radius 2 is 1.96 bits per heavy atom. The molecule has 0 saturated carbocycles. The normalized spacial score (nSPS) is 10.3. The number of benzene rings is 2. The van der Waals surface area contributed by atoms with Crippen LogP contribution < -0.4 is 10.1 Å². The second-order valence-electron chi connectivity index (χ2n) is 5.24. The van der Waals surface area contributed by atoms with Crippen LogP contribution in [0.5, 0.6) is 5.75 Å². The van der Waals surface area contributed by atoms with Crippen LogP contribution >= 0.6 is 11.8 Å². The Labute approximate surface area is 142 Å². The number of hydrogen-bond acceptors (Lipinski definition) is 3. The van der Waals surface area contributed by atoms with E-state index in [4.69, 9.17) is 4.74 Å². The van der Waals surface area contributed by atoms with Crippen LogP contribution in [0.2, 0.25) is 0 Å². The van der Waals surface area contributed by atoms with Gasteiger partial charge in [0.05, 0.1) is 7.11 Å². The van der Waals surface area contributed by atoms with Crippen molar-refractivity contribution in [2.75, 3.05) is 13.7 Å². The summed E-state index contributed by atoms with van der Waals surface area (Å²) in [6.45, 7) is 2.83. The van der Waals surface area contributed by atoms with E-state index in [0.29, 0.717) is 5.56 Å². The predicted molar refractivity (Wildman–Crippen MR) is 96.2 cm³/mol. The van der Waals surface area contributed by atoms with Gasteiger partial charge in [0.15, 0.2) is 0 Å². The average Bonchev–Trinajstić information content (AvgIpc) is 2.60. The van der Waals surface area contributed by atoms with E-state index in [0.717, 1.165) is 36.5 Å². The second kappa shape index (κ2) is 9.26. The van der Waals surface area contributed by atoms with Gasteiger partial charge in [-0.25, -0.2) is 0 Å². The molecular weight excluding hydrogens is 306 g/mol. The van der Waals surface area contributed by atoms with Crippen molar-refractivity contribution in [1.29, 1.82) is 0 Å². The number of thioether (sulfide) groups is 1. The molecule has 2 aromatic rings. The minimum atomic E-state index is -0.0212. The van der Waals surface area contributed by atoms with Gasteiger partial charge in [0.1, 0.15) is 5.75 Å². The molecular formula is C19H23NO2S. The van der Waals surface area contributed by atoms with Crippen LogP contribution in [-0.4, -0.2) is 19.6 Å². The Kier molecular flexibility index (Phi) is 7.01. The Balaban J connectivity index is 2.07. The molecule has 0 aliphatic carbocycles. The zero-order valence-electron chi connectivity index (χ0n) is 13.7. The van der Waals surface area contributed by atoms with E-state index < -0.39 is 0 Å². The maximum Gasteiger partial charge on any atom is 0.251 e. The number of nitrogens with one attached hydrogen (secondary N) is 1. The lowest BCUT2D eigenvalue weighted by atomic mass is 10.1. The number of unbranched alkanes of at least 4 members (excludes halogenated alkanes) is 1. The molecule has 0 unspecified atom stereocenters. The smallest absolute Gasteiger partial charge is 0.251 e. The summed E-state index contributed by atoms with van der Waals surface area (Å²) in [5, 5.41) is 2.95. The monoisotopic (exact) mass is 329 g/mol. The molecule has 0 aliphatic rings. The third kappa shape index (κ3) is 5.32. The van der Waals surface area contributed by atoms with Crippen LogP contribution in [0.15, 0.2) is 53.4 Å². The van der Waals surface area contributed by atoms with Crippen LogP contribution in [0.4, 0.5) is 0 Å². The van der Waals surface area contributed by atoms with Gasteiger partial charge in [-0.1, -0.05) is 31.5 Å². The van der Waals surface area contributed by atoms with Crippen LogP contribution in [0, 0.1) is 0 Å². The highest BCUT2D eigenvalue weighted by Gasteiger charge is 2.10. The van der Waals surface area contributed by atoms with E-state index in [1.165, 1.54) is 4.90 Å². The molecule has 122 valence electrons. The van der Waals surface area contributed by atoms with Gasteiger partial charge in [-0.05, 0) is 36.8 Å². The number of rotatable bonds is 8. The summed E-state index contributed by atoms with van der Waals surface area (Å²) in [7, 11) is 1.66. The molecule has 0 saturated heterocycles. The van der Waals surface area contributed by atoms with Gasteiger partial charge in [-0.2, -0.15) is 0 Å². The molecule has 0 atom stereocenters. The molecule has 0 fully saturated rings. The van der Waals surface area contributed by atoms with Crippen LogP contribution in [0.25, 0.3) is 0 Å². The van der Waals surface area contributed by atoms with Gasteiger partial charge in [0.2, 0.25) is 0 Å². The number of amides is 1. The van der Waals surface area contributed by atoms with Gasteiger partial charge in [0, 0.05) is 28.3 Å². The van der Waals surface area contributed by atoms with Crippen molar-refractivity contribution < 1.29 is 9.53 Å². The summed E-state index contributed by atoms with van der Waals surface area (Å²) >= 11 is 1.73. The first-order chi connectivity index (χ1) is 11.2. The molecule has 0 aromatic heterocycles. The van der Waals surface area contributed by atoms with Crippen molar-refractivity contribution >= 4 is 17.7 Å². The van der Waals surface area contributed by atoms with E-state index in [9.17, 15) is 4.79 Å². The quantitative estimate of drug-likeness (QED) is 0.572. The van der Waals surface area contributed by atoms with Crippen LogP contribution in [0.1, 0.15) is 35.7 Å². The van der Waals surface area contributed by atoms with E-state index in [-0.39, 0.29) is 5.91 Å². The fourth-order valence-electron chi connectivity index (χ4n) is 2.19. The van der Waals surface area contributed by atoms with Crippen LogP contribution in [-0.2, 0) is 5.75 Å². The zero-order chi connectivity index (χ0) is 16.5. The minimum absolute atomic E-state index is 0.0212. The van der Waals surface area contributed by atoms with Gasteiger partial charge in [-0.15, -0.1) is 11.8 Å². The van der Waals surface area contributed by atoms with E-state index in [2.05, 4.69) is 24.4 Å². The number of hydrogen-bond donors (Lipinski definition) is 1. The summed E-state index contributed by atoms with van der Waals surface area (Å²) in [5.41, 5.74) is 1.72. The Morgan fingerprint density at radius 3 is 2.65 bits per heavy atom. The maximum atomic E-state index is 12.2. The summed E-state index contributed by atoms with van der Waals surface area (Å²) in [6.07, 6.45) is 2.07. The van der Waals surface area contributed by atoms with Gasteiger partial charge >= 0.3 is 0 Å². The molecule has 23 heavy (non-hydrogen) atoms. The van der Waals surface area contributed by atoms with Crippen molar-refractivity contribution in [2.24, 2.45) is 0 Å². The topological polar surface area (TPSA) is 38.3 Å². The summed E-state index contributed by atoms with van der Waals surface area (Å²) in [4.78, 5) is 13.4. The molecule has 0 heterocycles. The van der Waals surface area contributed by atoms with Crippen molar-refractivity contribution in [2.45, 2.75) is 30.4 Å². The minimum Gasteiger partial charge on any atom is -0.496 e. The highest BCUT2D eigenvalue weighted by Crippen LogP contribution is 2.28. The second-order valence-corrected chi connectivity index (χ2v) is 6.29. The first kappa shape index (κ1) is 17.4. The molecule has 0 aliphatic heterocycles. The maximum absolute atomic E-state index is 12.2. The largest absolute Gasteiger partial charge is 0.496 e. The lowest BCUT2D eigenvalue weighted by Gasteiger charge is -2.11. The molecule has 1 N–H and O–H groups in total. The highest BCUT2D eigenvalue weighted by molar-refractivity contribution is 7.98. The Hall–Kier alpha value is -1.94. The number of carbonyl (C=O) groups excluding carboxylic acids is 1. The lowest BCUT2D eigenvalue weighted by molar-refractivity contribution is 0.0953. The molecule has 4 heteroatoms. The van der Waals surface area contributed by atoms with Crippen molar-refractivity contribution in [3.05, 3.63) is 59.7 Å². The van der Waals surface area contributed by atoms with Crippen molar-refractivity contribution in [3.63, 3.8) is 0 Å². The third-order valence-electron chi connectivity index (χ3n) is 3.50. The fraction of sp³-hybridized carbons (Fsp3) is 0.316. The SMILES string of the molecule is CCCCNC(=O)c1ccc(OC)c(CSc2ccccc2)c1. The average molecular weight is 329 g/mol. The number of carbonyl (C=O) groups is 1. The summed E-state index contributed by atoms with van der Waals surface area (Å²) in [5.74, 6) is 1.56.